The molecule has 7 N–H and O–H groups in total. The smallest absolute Gasteiger partial charge is 0.238 e. The first-order valence-electron chi connectivity index (χ1n) is 7.29. The minimum Gasteiger partial charge on any atom is -0.504 e. The van der Waals surface area contributed by atoms with Crippen molar-refractivity contribution in [2.45, 2.75) is 6.92 Å². The molecule has 9 nitrogen and oxygen atoms in total. The Kier molecular flexibility index (Phi) is 5.13. The zero-order valence-corrected chi connectivity index (χ0v) is 13.5. The molecule has 0 saturated carbocycles. The molecule has 0 unspecified atom stereocenters. The number of hydrogen-bond acceptors (Lipinski definition) is 9. The second-order valence-corrected chi connectivity index (χ2v) is 5.09. The molecule has 0 saturated heterocycles. The molecule has 0 amide bonds. The monoisotopic (exact) mass is 364 g/mol. The lowest BCUT2D eigenvalue weighted by Crippen LogP contribution is -2.03. The zero-order valence-electron chi connectivity index (χ0n) is 13.5. The SMILES string of the molecule is CCO.O=c1c(O)c(-c2ccc(O)c(O)c2)oc2cc(O)c(O)c(O)c12. The van der Waals surface area contributed by atoms with Crippen molar-refractivity contribution in [2.75, 3.05) is 6.61 Å². The minimum atomic E-state index is -1.04. The van der Waals surface area contributed by atoms with Crippen molar-refractivity contribution in [3.05, 3.63) is 34.5 Å². The van der Waals surface area contributed by atoms with Crippen LogP contribution in [0.25, 0.3) is 22.3 Å². The largest absolute Gasteiger partial charge is 0.504 e. The first-order chi connectivity index (χ1) is 12.2. The molecular formula is C17H16O9. The van der Waals surface area contributed by atoms with Crippen LogP contribution in [0.3, 0.4) is 0 Å². The Balaban J connectivity index is 0.000000758. The predicted octanol–water partition coefficient (Wildman–Crippen LogP) is 1.69. The molecule has 0 aliphatic carbocycles. The van der Waals surface area contributed by atoms with E-state index in [1.807, 2.05) is 0 Å². The third-order valence-electron chi connectivity index (χ3n) is 3.32. The molecule has 9 heteroatoms. The molecule has 26 heavy (non-hydrogen) atoms. The summed E-state index contributed by atoms with van der Waals surface area (Å²) in [5, 5.41) is 64.5. The summed E-state index contributed by atoms with van der Waals surface area (Å²) in [5.74, 6) is -4.69. The Labute approximate surface area is 145 Å². The highest BCUT2D eigenvalue weighted by Crippen LogP contribution is 2.42. The quantitative estimate of drug-likeness (QED) is 0.317. The summed E-state index contributed by atoms with van der Waals surface area (Å²) in [6.45, 7) is 1.93. The molecule has 0 spiro atoms. The number of rotatable bonds is 1. The van der Waals surface area contributed by atoms with Crippen LogP contribution in [0.5, 0.6) is 34.5 Å². The fraction of sp³-hybridized carbons (Fsp3) is 0.118. The van der Waals surface area contributed by atoms with E-state index in [-0.39, 0.29) is 23.5 Å². The van der Waals surface area contributed by atoms with Crippen LogP contribution in [-0.2, 0) is 0 Å². The van der Waals surface area contributed by atoms with E-state index in [9.17, 15) is 35.4 Å². The van der Waals surface area contributed by atoms with Crippen LogP contribution in [0.2, 0.25) is 0 Å². The van der Waals surface area contributed by atoms with Crippen molar-refractivity contribution in [1.29, 1.82) is 0 Å². The molecule has 2 aromatic carbocycles. The van der Waals surface area contributed by atoms with Crippen LogP contribution in [-0.4, -0.2) is 42.4 Å². The van der Waals surface area contributed by atoms with Crippen LogP contribution < -0.4 is 5.43 Å². The summed E-state index contributed by atoms with van der Waals surface area (Å²) in [6, 6.07) is 4.35. The maximum atomic E-state index is 12.2. The predicted molar refractivity (Wildman–Crippen MR) is 90.7 cm³/mol. The molecule has 1 aromatic heterocycles. The first-order valence-corrected chi connectivity index (χ1v) is 7.29. The van der Waals surface area contributed by atoms with Crippen LogP contribution >= 0.6 is 0 Å². The van der Waals surface area contributed by atoms with Crippen LogP contribution in [0, 0.1) is 0 Å². The van der Waals surface area contributed by atoms with E-state index in [1.165, 1.54) is 6.07 Å². The zero-order chi connectivity index (χ0) is 19.6. The van der Waals surface area contributed by atoms with Crippen molar-refractivity contribution >= 4 is 11.0 Å². The second-order valence-electron chi connectivity index (χ2n) is 5.09. The van der Waals surface area contributed by atoms with Gasteiger partial charge in [-0.25, -0.2) is 0 Å². The Morgan fingerprint density at radius 1 is 0.846 bits per heavy atom. The number of aliphatic hydroxyl groups is 1. The van der Waals surface area contributed by atoms with Gasteiger partial charge in [0.15, 0.2) is 28.8 Å². The van der Waals surface area contributed by atoms with E-state index >= 15 is 0 Å². The minimum absolute atomic E-state index is 0.0730. The lowest BCUT2D eigenvalue weighted by atomic mass is 10.1. The maximum absolute atomic E-state index is 12.2. The normalized spacial score (nSPS) is 10.4. The number of phenols is 5. The summed E-state index contributed by atoms with van der Waals surface area (Å²) in [7, 11) is 0. The molecule has 0 bridgehead atoms. The molecular weight excluding hydrogens is 348 g/mol. The number of aromatic hydroxyl groups is 6. The van der Waals surface area contributed by atoms with E-state index in [1.54, 1.807) is 6.92 Å². The van der Waals surface area contributed by atoms with Gasteiger partial charge in [0, 0.05) is 18.2 Å². The van der Waals surface area contributed by atoms with Gasteiger partial charge in [0.1, 0.15) is 11.0 Å². The van der Waals surface area contributed by atoms with Crippen molar-refractivity contribution in [3.8, 4) is 45.8 Å². The summed E-state index contributed by atoms with van der Waals surface area (Å²) < 4.78 is 5.30. The van der Waals surface area contributed by atoms with Gasteiger partial charge in [-0.05, 0) is 25.1 Å². The summed E-state index contributed by atoms with van der Waals surface area (Å²) in [4.78, 5) is 12.2. The van der Waals surface area contributed by atoms with E-state index < -0.39 is 45.3 Å². The summed E-state index contributed by atoms with van der Waals surface area (Å²) in [6.07, 6.45) is 0. The molecule has 1 heterocycles. The summed E-state index contributed by atoms with van der Waals surface area (Å²) in [5.41, 5.74) is -1.26. The van der Waals surface area contributed by atoms with Crippen molar-refractivity contribution < 1.29 is 40.2 Å². The third kappa shape index (κ3) is 3.15. The highest BCUT2D eigenvalue weighted by atomic mass is 16.4. The van der Waals surface area contributed by atoms with Gasteiger partial charge in [0.25, 0.3) is 0 Å². The number of aliphatic hydroxyl groups excluding tert-OH is 1. The summed E-state index contributed by atoms with van der Waals surface area (Å²) >= 11 is 0. The fourth-order valence-corrected chi connectivity index (χ4v) is 2.16. The van der Waals surface area contributed by atoms with Crippen molar-refractivity contribution in [1.82, 2.24) is 0 Å². The average Bonchev–Trinajstić information content (AvgIpc) is 2.59. The van der Waals surface area contributed by atoms with Gasteiger partial charge in [-0.15, -0.1) is 0 Å². The van der Waals surface area contributed by atoms with E-state index in [4.69, 9.17) is 9.52 Å². The number of fused-ring (bicyclic) bond motifs is 1. The standard InChI is InChI=1S/C15H10O8.C2H6O/c16-6-2-1-5(3-7(6)17)15-14(22)13(21)10-9(23-15)4-8(18)11(19)12(10)20;1-2-3/h1-4,16-20,22H;3H,2H2,1H3. The third-order valence-corrected chi connectivity index (χ3v) is 3.32. The fourth-order valence-electron chi connectivity index (χ4n) is 2.16. The molecule has 0 aliphatic rings. The lowest BCUT2D eigenvalue weighted by molar-refractivity contribution is 0.318. The molecule has 0 fully saturated rings. The number of hydrogen-bond donors (Lipinski definition) is 7. The molecule has 0 atom stereocenters. The number of phenolic OH excluding ortho intramolecular Hbond substituents is 5. The van der Waals surface area contributed by atoms with Crippen LogP contribution in [0.4, 0.5) is 0 Å². The molecule has 0 aliphatic heterocycles. The number of benzene rings is 2. The van der Waals surface area contributed by atoms with Crippen LogP contribution in [0.1, 0.15) is 6.92 Å². The highest BCUT2D eigenvalue weighted by Gasteiger charge is 2.22. The van der Waals surface area contributed by atoms with Gasteiger partial charge >= 0.3 is 0 Å². The first kappa shape index (κ1) is 18.7. The molecule has 3 rings (SSSR count). The highest BCUT2D eigenvalue weighted by molar-refractivity contribution is 5.91. The Bertz CT molecular complexity index is 1020. The topological polar surface area (TPSA) is 172 Å². The van der Waals surface area contributed by atoms with E-state index in [0.717, 1.165) is 18.2 Å². The van der Waals surface area contributed by atoms with Gasteiger partial charge in [-0.3, -0.25) is 4.79 Å². The van der Waals surface area contributed by atoms with Crippen LogP contribution in [0.15, 0.2) is 33.5 Å². The van der Waals surface area contributed by atoms with Gasteiger partial charge in [-0.2, -0.15) is 0 Å². The molecule has 0 radical (unpaired) electrons. The lowest BCUT2D eigenvalue weighted by Gasteiger charge is -2.09. The Morgan fingerprint density at radius 3 is 2.04 bits per heavy atom. The van der Waals surface area contributed by atoms with Gasteiger partial charge in [0.2, 0.25) is 16.9 Å². The van der Waals surface area contributed by atoms with E-state index in [0.29, 0.717) is 0 Å². The van der Waals surface area contributed by atoms with E-state index in [2.05, 4.69) is 0 Å². The maximum Gasteiger partial charge on any atom is 0.238 e. The molecule has 3 aromatic rings. The average molecular weight is 364 g/mol. The van der Waals surface area contributed by atoms with Crippen molar-refractivity contribution in [3.63, 3.8) is 0 Å². The van der Waals surface area contributed by atoms with Gasteiger partial charge < -0.3 is 40.2 Å². The van der Waals surface area contributed by atoms with Crippen molar-refractivity contribution in [2.24, 2.45) is 0 Å². The van der Waals surface area contributed by atoms with Gasteiger partial charge in [0.05, 0.1) is 0 Å². The van der Waals surface area contributed by atoms with Gasteiger partial charge in [-0.1, -0.05) is 0 Å². The molecule has 138 valence electrons. The second kappa shape index (κ2) is 7.11. The Hall–Kier alpha value is -3.59. The Morgan fingerprint density at radius 2 is 1.46 bits per heavy atom.